The van der Waals surface area contributed by atoms with Crippen molar-refractivity contribution in [2.45, 2.75) is 18.9 Å². The van der Waals surface area contributed by atoms with Gasteiger partial charge < -0.3 is 9.67 Å². The van der Waals surface area contributed by atoms with Crippen molar-refractivity contribution in [1.82, 2.24) is 14.5 Å². The van der Waals surface area contributed by atoms with Crippen LogP contribution in [0.2, 0.25) is 0 Å². The van der Waals surface area contributed by atoms with Crippen molar-refractivity contribution >= 4 is 21.0 Å². The van der Waals surface area contributed by atoms with Crippen molar-refractivity contribution in [3.8, 4) is 0 Å². The first-order valence-corrected chi connectivity index (χ1v) is 8.05. The van der Waals surface area contributed by atoms with Crippen LogP contribution < -0.4 is 0 Å². The number of aliphatic hydroxyl groups is 1. The number of aliphatic hydroxyl groups excluding tert-OH is 1. The standard InChI is InChI=1S/C12H15N3O3S/c16-6-5-15-11(9-3-7-19(17,18)8-9)14-10-2-1-4-13-12(10)15/h1-2,4,9,16H,3,5-8H2. The van der Waals surface area contributed by atoms with E-state index in [9.17, 15) is 13.5 Å². The Morgan fingerprint density at radius 3 is 3.00 bits per heavy atom. The van der Waals surface area contributed by atoms with Crippen molar-refractivity contribution in [3.63, 3.8) is 0 Å². The lowest BCUT2D eigenvalue weighted by atomic mass is 10.1. The highest BCUT2D eigenvalue weighted by Crippen LogP contribution is 2.30. The Bertz CT molecular complexity index is 708. The molecule has 1 fully saturated rings. The van der Waals surface area contributed by atoms with Crippen molar-refractivity contribution in [3.05, 3.63) is 24.2 Å². The molecule has 0 saturated carbocycles. The molecule has 3 rings (SSSR count). The smallest absolute Gasteiger partial charge is 0.160 e. The molecule has 1 atom stereocenters. The first-order valence-electron chi connectivity index (χ1n) is 6.23. The summed E-state index contributed by atoms with van der Waals surface area (Å²) in [4.78, 5) is 8.77. The van der Waals surface area contributed by atoms with Crippen LogP contribution in [0.3, 0.4) is 0 Å². The molecule has 1 aliphatic rings. The molecule has 0 radical (unpaired) electrons. The van der Waals surface area contributed by atoms with Gasteiger partial charge >= 0.3 is 0 Å². The third kappa shape index (κ3) is 2.23. The van der Waals surface area contributed by atoms with Crippen LogP contribution in [0.5, 0.6) is 0 Å². The van der Waals surface area contributed by atoms with Crippen LogP contribution in [0, 0.1) is 0 Å². The minimum Gasteiger partial charge on any atom is -0.395 e. The molecule has 0 amide bonds. The summed E-state index contributed by atoms with van der Waals surface area (Å²) in [5, 5.41) is 9.17. The molecule has 1 aliphatic heterocycles. The van der Waals surface area contributed by atoms with Crippen LogP contribution in [0.4, 0.5) is 0 Å². The monoisotopic (exact) mass is 281 g/mol. The van der Waals surface area contributed by atoms with E-state index in [0.29, 0.717) is 18.6 Å². The topological polar surface area (TPSA) is 85.1 Å². The molecule has 0 spiro atoms. The summed E-state index contributed by atoms with van der Waals surface area (Å²) in [6, 6.07) is 3.65. The second-order valence-corrected chi connectivity index (χ2v) is 7.02. The number of rotatable bonds is 3. The molecule has 19 heavy (non-hydrogen) atoms. The third-order valence-electron chi connectivity index (χ3n) is 3.45. The van der Waals surface area contributed by atoms with Gasteiger partial charge in [0.1, 0.15) is 11.3 Å². The van der Waals surface area contributed by atoms with Crippen LogP contribution in [-0.2, 0) is 16.4 Å². The Balaban J connectivity index is 2.10. The summed E-state index contributed by atoms with van der Waals surface area (Å²) in [5.41, 5.74) is 1.45. The molecule has 1 N–H and O–H groups in total. The molecule has 1 unspecified atom stereocenters. The highest BCUT2D eigenvalue weighted by Gasteiger charge is 2.32. The number of fused-ring (bicyclic) bond motifs is 1. The molecule has 102 valence electrons. The number of imidazole rings is 1. The molecule has 1 saturated heterocycles. The maximum absolute atomic E-state index is 11.6. The van der Waals surface area contributed by atoms with E-state index in [4.69, 9.17) is 0 Å². The van der Waals surface area contributed by atoms with Gasteiger partial charge in [-0.2, -0.15) is 0 Å². The summed E-state index contributed by atoms with van der Waals surface area (Å²) in [7, 11) is -2.95. The second-order valence-electron chi connectivity index (χ2n) is 4.79. The summed E-state index contributed by atoms with van der Waals surface area (Å²) in [6.07, 6.45) is 2.27. The highest BCUT2D eigenvalue weighted by atomic mass is 32.2. The zero-order valence-electron chi connectivity index (χ0n) is 10.4. The molecular formula is C12H15N3O3S. The fraction of sp³-hybridized carbons (Fsp3) is 0.500. The Kier molecular flexibility index (Phi) is 3.02. The van der Waals surface area contributed by atoms with Gasteiger partial charge in [0, 0.05) is 18.7 Å². The molecule has 3 heterocycles. The summed E-state index contributed by atoms with van der Waals surface area (Å²) >= 11 is 0. The number of nitrogens with zero attached hydrogens (tertiary/aromatic N) is 3. The molecule has 2 aromatic heterocycles. The van der Waals surface area contributed by atoms with E-state index in [0.717, 1.165) is 11.3 Å². The van der Waals surface area contributed by atoms with Crippen LogP contribution in [0.1, 0.15) is 18.2 Å². The van der Waals surface area contributed by atoms with Crippen LogP contribution >= 0.6 is 0 Å². The molecule has 2 aromatic rings. The fourth-order valence-corrected chi connectivity index (χ4v) is 4.35. The molecule has 0 aliphatic carbocycles. The summed E-state index contributed by atoms with van der Waals surface area (Å²) in [6.45, 7) is 0.369. The Morgan fingerprint density at radius 1 is 1.47 bits per heavy atom. The van der Waals surface area contributed by atoms with Gasteiger partial charge in [-0.05, 0) is 18.6 Å². The van der Waals surface area contributed by atoms with Crippen LogP contribution in [-0.4, -0.2) is 46.2 Å². The van der Waals surface area contributed by atoms with Crippen molar-refractivity contribution in [1.29, 1.82) is 0 Å². The minimum absolute atomic E-state index is 0.0193. The van der Waals surface area contributed by atoms with E-state index in [2.05, 4.69) is 9.97 Å². The van der Waals surface area contributed by atoms with Gasteiger partial charge in [0.05, 0.1) is 18.1 Å². The maximum atomic E-state index is 11.6. The number of sulfone groups is 1. The zero-order valence-corrected chi connectivity index (χ0v) is 11.2. The highest BCUT2D eigenvalue weighted by molar-refractivity contribution is 7.91. The maximum Gasteiger partial charge on any atom is 0.160 e. The quantitative estimate of drug-likeness (QED) is 0.876. The normalized spacial score (nSPS) is 22.1. The van der Waals surface area contributed by atoms with Gasteiger partial charge in [0.15, 0.2) is 15.5 Å². The molecule has 7 heteroatoms. The van der Waals surface area contributed by atoms with Crippen molar-refractivity contribution in [2.24, 2.45) is 0 Å². The van der Waals surface area contributed by atoms with E-state index in [1.54, 1.807) is 12.3 Å². The second kappa shape index (κ2) is 4.57. The lowest BCUT2D eigenvalue weighted by molar-refractivity contribution is 0.275. The number of hydrogen-bond acceptors (Lipinski definition) is 5. The van der Waals surface area contributed by atoms with Crippen molar-refractivity contribution < 1.29 is 13.5 Å². The first-order chi connectivity index (χ1) is 9.11. The van der Waals surface area contributed by atoms with Gasteiger partial charge in [-0.15, -0.1) is 0 Å². The van der Waals surface area contributed by atoms with E-state index >= 15 is 0 Å². The first kappa shape index (κ1) is 12.6. The predicted octanol–water partition coefficient (Wildman–Crippen LogP) is 0.326. The van der Waals surface area contributed by atoms with Crippen LogP contribution in [0.15, 0.2) is 18.3 Å². The Morgan fingerprint density at radius 2 is 2.32 bits per heavy atom. The lowest BCUT2D eigenvalue weighted by Gasteiger charge is -2.10. The van der Waals surface area contributed by atoms with E-state index in [1.165, 1.54) is 0 Å². The lowest BCUT2D eigenvalue weighted by Crippen LogP contribution is -2.13. The SMILES string of the molecule is O=S1(=O)CCC(c2nc3cccnc3n2CCO)C1. The van der Waals surface area contributed by atoms with E-state index in [1.807, 2.05) is 10.6 Å². The minimum atomic E-state index is -2.95. The fourth-order valence-electron chi connectivity index (χ4n) is 2.61. The Labute approximate surface area is 111 Å². The molecule has 6 nitrogen and oxygen atoms in total. The third-order valence-corrected chi connectivity index (χ3v) is 5.22. The molecule has 0 aromatic carbocycles. The summed E-state index contributed by atoms with van der Waals surface area (Å²) in [5.74, 6) is 0.990. The van der Waals surface area contributed by atoms with Crippen LogP contribution in [0.25, 0.3) is 11.2 Å². The molecule has 0 bridgehead atoms. The number of aromatic nitrogens is 3. The van der Waals surface area contributed by atoms with Crippen molar-refractivity contribution in [2.75, 3.05) is 18.1 Å². The molecular weight excluding hydrogens is 266 g/mol. The predicted molar refractivity (Wildman–Crippen MR) is 70.6 cm³/mol. The van der Waals surface area contributed by atoms with E-state index in [-0.39, 0.29) is 24.0 Å². The zero-order chi connectivity index (χ0) is 13.5. The average molecular weight is 281 g/mol. The average Bonchev–Trinajstić information content (AvgIpc) is 2.91. The number of pyridine rings is 1. The van der Waals surface area contributed by atoms with E-state index < -0.39 is 9.84 Å². The number of hydrogen-bond donors (Lipinski definition) is 1. The largest absolute Gasteiger partial charge is 0.395 e. The van der Waals surface area contributed by atoms with Gasteiger partial charge in [-0.3, -0.25) is 0 Å². The van der Waals surface area contributed by atoms with Gasteiger partial charge in [-0.1, -0.05) is 0 Å². The van der Waals surface area contributed by atoms with Gasteiger partial charge in [0.2, 0.25) is 0 Å². The summed E-state index contributed by atoms with van der Waals surface area (Å²) < 4.78 is 25.0. The van der Waals surface area contributed by atoms with Gasteiger partial charge in [0.25, 0.3) is 0 Å². The Hall–Kier alpha value is -1.47. The van der Waals surface area contributed by atoms with Gasteiger partial charge in [-0.25, -0.2) is 18.4 Å².